The van der Waals surface area contributed by atoms with Gasteiger partial charge in [0.1, 0.15) is 0 Å². The highest BCUT2D eigenvalue weighted by Gasteiger charge is 2.29. The van der Waals surface area contributed by atoms with E-state index in [4.69, 9.17) is 5.11 Å². The number of amides is 2. The van der Waals surface area contributed by atoms with E-state index in [1.165, 1.54) is 0 Å². The highest BCUT2D eigenvalue weighted by Crippen LogP contribution is 2.21. The van der Waals surface area contributed by atoms with Crippen molar-refractivity contribution >= 4 is 30.2 Å². The Hall–Kier alpha value is -1.34. The molecule has 2 fully saturated rings. The van der Waals surface area contributed by atoms with Gasteiger partial charge in [-0.2, -0.15) is 0 Å². The first-order chi connectivity index (χ1) is 12.5. The lowest BCUT2D eigenvalue weighted by molar-refractivity contribution is -0.141. The molecule has 156 valence electrons. The van der Waals surface area contributed by atoms with Crippen LogP contribution in [0.2, 0.25) is 0 Å². The van der Waals surface area contributed by atoms with Crippen LogP contribution >= 0.6 is 12.4 Å². The van der Waals surface area contributed by atoms with E-state index in [0.717, 1.165) is 51.7 Å². The first kappa shape index (κ1) is 23.7. The van der Waals surface area contributed by atoms with Crippen molar-refractivity contribution in [3.63, 3.8) is 0 Å². The van der Waals surface area contributed by atoms with Crippen LogP contribution in [-0.2, 0) is 14.4 Å². The molecule has 0 radical (unpaired) electrons. The monoisotopic (exact) mass is 403 g/mol. The SMILES string of the molecule is CC[C@@H](CNC(=O)[C@@H]1CCCN(C(=O)CCC2CCNCC2)C1)C(=O)O.Cl. The van der Waals surface area contributed by atoms with Crippen molar-refractivity contribution in [3.05, 3.63) is 0 Å². The summed E-state index contributed by atoms with van der Waals surface area (Å²) in [6.07, 6.45) is 5.85. The van der Waals surface area contributed by atoms with E-state index < -0.39 is 11.9 Å². The summed E-state index contributed by atoms with van der Waals surface area (Å²) in [6, 6.07) is 0. The van der Waals surface area contributed by atoms with E-state index in [-0.39, 0.29) is 36.7 Å². The van der Waals surface area contributed by atoms with Crippen molar-refractivity contribution in [1.29, 1.82) is 0 Å². The molecule has 2 aliphatic heterocycles. The number of carbonyl (C=O) groups is 3. The number of likely N-dealkylation sites (tertiary alicyclic amines) is 1. The van der Waals surface area contributed by atoms with Gasteiger partial charge in [-0.1, -0.05) is 6.92 Å². The molecule has 0 unspecified atom stereocenters. The molecule has 3 N–H and O–H groups in total. The Labute approximate surface area is 168 Å². The highest BCUT2D eigenvalue weighted by atomic mass is 35.5. The summed E-state index contributed by atoms with van der Waals surface area (Å²) in [6.45, 7) is 5.22. The van der Waals surface area contributed by atoms with Gasteiger partial charge in [0.15, 0.2) is 0 Å². The molecule has 2 heterocycles. The summed E-state index contributed by atoms with van der Waals surface area (Å²) in [4.78, 5) is 37.8. The average molecular weight is 404 g/mol. The molecule has 0 spiro atoms. The first-order valence-corrected chi connectivity index (χ1v) is 10.00. The van der Waals surface area contributed by atoms with Crippen LogP contribution in [0.5, 0.6) is 0 Å². The number of aliphatic carboxylic acids is 1. The average Bonchev–Trinajstić information content (AvgIpc) is 2.67. The standard InChI is InChI=1S/C19H33N3O4.ClH/c1-2-15(19(25)26)12-21-18(24)16-4-3-11-22(13-16)17(23)6-5-14-7-9-20-10-8-14;/h14-16,20H,2-13H2,1H3,(H,21,24)(H,25,26);1H/t15-,16+;/m0./s1. The third kappa shape index (κ3) is 7.66. The van der Waals surface area contributed by atoms with Crippen LogP contribution in [0.3, 0.4) is 0 Å². The molecule has 2 saturated heterocycles. The number of carboxylic acids is 1. The molecule has 0 aromatic rings. The van der Waals surface area contributed by atoms with Crippen molar-refractivity contribution in [1.82, 2.24) is 15.5 Å². The fourth-order valence-electron chi connectivity index (χ4n) is 3.85. The maximum Gasteiger partial charge on any atom is 0.308 e. The quantitative estimate of drug-likeness (QED) is 0.572. The van der Waals surface area contributed by atoms with Gasteiger partial charge in [0, 0.05) is 26.1 Å². The van der Waals surface area contributed by atoms with Crippen LogP contribution in [-0.4, -0.2) is 60.5 Å². The van der Waals surface area contributed by atoms with E-state index in [1.54, 1.807) is 6.92 Å². The van der Waals surface area contributed by atoms with Crippen LogP contribution < -0.4 is 10.6 Å². The molecule has 0 aliphatic carbocycles. The fourth-order valence-corrected chi connectivity index (χ4v) is 3.85. The number of piperidine rings is 2. The molecule has 8 heteroatoms. The molecule has 2 aliphatic rings. The number of nitrogens with one attached hydrogen (secondary N) is 2. The summed E-state index contributed by atoms with van der Waals surface area (Å²) in [5, 5.41) is 15.2. The molecular formula is C19H34ClN3O4. The minimum atomic E-state index is -0.883. The number of rotatable bonds is 8. The third-order valence-corrected chi connectivity index (χ3v) is 5.73. The Balaban J connectivity index is 0.00000364. The predicted molar refractivity (Wildman–Crippen MR) is 106 cm³/mol. The van der Waals surface area contributed by atoms with Crippen LogP contribution in [0.4, 0.5) is 0 Å². The molecule has 2 atom stereocenters. The smallest absolute Gasteiger partial charge is 0.308 e. The second kappa shape index (κ2) is 12.2. The molecule has 0 saturated carbocycles. The second-order valence-corrected chi connectivity index (χ2v) is 7.60. The molecule has 2 rings (SSSR count). The van der Waals surface area contributed by atoms with Gasteiger partial charge in [0.2, 0.25) is 11.8 Å². The molecular weight excluding hydrogens is 370 g/mol. The Morgan fingerprint density at radius 1 is 1.22 bits per heavy atom. The van der Waals surface area contributed by atoms with Gasteiger partial charge in [0.25, 0.3) is 0 Å². The normalized spacial score (nSPS) is 21.8. The van der Waals surface area contributed by atoms with Crippen LogP contribution in [0, 0.1) is 17.8 Å². The van der Waals surface area contributed by atoms with Crippen molar-refractivity contribution in [2.24, 2.45) is 17.8 Å². The third-order valence-electron chi connectivity index (χ3n) is 5.73. The fraction of sp³-hybridized carbons (Fsp3) is 0.842. The van der Waals surface area contributed by atoms with Gasteiger partial charge in [-0.3, -0.25) is 14.4 Å². The predicted octanol–water partition coefficient (Wildman–Crippen LogP) is 1.65. The van der Waals surface area contributed by atoms with Crippen molar-refractivity contribution < 1.29 is 19.5 Å². The lowest BCUT2D eigenvalue weighted by Crippen LogP contribution is -2.46. The molecule has 7 nitrogen and oxygen atoms in total. The van der Waals surface area contributed by atoms with Gasteiger partial charge >= 0.3 is 5.97 Å². The van der Waals surface area contributed by atoms with E-state index in [0.29, 0.717) is 25.3 Å². The molecule has 27 heavy (non-hydrogen) atoms. The largest absolute Gasteiger partial charge is 0.481 e. The van der Waals surface area contributed by atoms with Crippen molar-refractivity contribution in [2.75, 3.05) is 32.7 Å². The van der Waals surface area contributed by atoms with Crippen LogP contribution in [0.15, 0.2) is 0 Å². The summed E-state index contributed by atoms with van der Waals surface area (Å²) in [5.41, 5.74) is 0. The van der Waals surface area contributed by atoms with Crippen molar-refractivity contribution in [2.45, 2.75) is 51.9 Å². The number of carbonyl (C=O) groups excluding carboxylic acids is 2. The van der Waals surface area contributed by atoms with E-state index in [9.17, 15) is 14.4 Å². The minimum absolute atomic E-state index is 0. The summed E-state index contributed by atoms with van der Waals surface area (Å²) < 4.78 is 0. The van der Waals surface area contributed by atoms with Gasteiger partial charge in [-0.25, -0.2) is 0 Å². The maximum absolute atomic E-state index is 12.5. The summed E-state index contributed by atoms with van der Waals surface area (Å²) in [7, 11) is 0. The number of hydrogen-bond acceptors (Lipinski definition) is 4. The van der Waals surface area contributed by atoms with E-state index in [1.807, 2.05) is 4.90 Å². The van der Waals surface area contributed by atoms with Gasteiger partial charge < -0.3 is 20.6 Å². The maximum atomic E-state index is 12.5. The highest BCUT2D eigenvalue weighted by molar-refractivity contribution is 5.85. The number of hydrogen-bond donors (Lipinski definition) is 3. The van der Waals surface area contributed by atoms with Gasteiger partial charge in [-0.15, -0.1) is 12.4 Å². The molecule has 0 bridgehead atoms. The van der Waals surface area contributed by atoms with E-state index in [2.05, 4.69) is 10.6 Å². The Kier molecular flexibility index (Phi) is 10.7. The Morgan fingerprint density at radius 3 is 2.56 bits per heavy atom. The number of carboxylic acid groups (broad SMARTS) is 1. The topological polar surface area (TPSA) is 98.7 Å². The Bertz CT molecular complexity index is 497. The Morgan fingerprint density at radius 2 is 1.93 bits per heavy atom. The zero-order valence-corrected chi connectivity index (χ0v) is 17.1. The molecule has 2 amide bonds. The van der Waals surface area contributed by atoms with Crippen molar-refractivity contribution in [3.8, 4) is 0 Å². The molecule has 0 aromatic carbocycles. The lowest BCUT2D eigenvalue weighted by atomic mass is 9.92. The zero-order valence-electron chi connectivity index (χ0n) is 16.2. The van der Waals surface area contributed by atoms with Gasteiger partial charge in [-0.05, 0) is 57.5 Å². The van der Waals surface area contributed by atoms with Crippen LogP contribution in [0.25, 0.3) is 0 Å². The number of halogens is 1. The van der Waals surface area contributed by atoms with Crippen LogP contribution in [0.1, 0.15) is 51.9 Å². The summed E-state index contributed by atoms with van der Waals surface area (Å²) >= 11 is 0. The van der Waals surface area contributed by atoms with E-state index >= 15 is 0 Å². The lowest BCUT2D eigenvalue weighted by Gasteiger charge is -2.33. The zero-order chi connectivity index (χ0) is 18.9. The summed E-state index contributed by atoms with van der Waals surface area (Å²) in [5.74, 6) is -1.00. The van der Waals surface area contributed by atoms with Gasteiger partial charge in [0.05, 0.1) is 11.8 Å². The number of nitrogens with zero attached hydrogens (tertiary/aromatic N) is 1. The first-order valence-electron chi connectivity index (χ1n) is 10.00. The molecule has 0 aromatic heterocycles. The second-order valence-electron chi connectivity index (χ2n) is 7.60. The minimum Gasteiger partial charge on any atom is -0.481 e.